The van der Waals surface area contributed by atoms with Crippen molar-refractivity contribution in [3.05, 3.63) is 0 Å². The lowest BCUT2D eigenvalue weighted by Crippen LogP contribution is -2.41. The fourth-order valence-electron chi connectivity index (χ4n) is 1.70. The molecule has 0 atom stereocenters. The second-order valence-electron chi connectivity index (χ2n) is 4.87. The molecule has 0 bridgehead atoms. The first-order chi connectivity index (χ1) is 6.62. The summed E-state index contributed by atoms with van der Waals surface area (Å²) in [6, 6.07) is 0. The molecule has 0 aliphatic rings. The normalized spacial score (nSPS) is 12.0. The minimum atomic E-state index is 0.355. The Balaban J connectivity index is 3.35. The van der Waals surface area contributed by atoms with Crippen LogP contribution in [0.15, 0.2) is 0 Å². The van der Waals surface area contributed by atoms with Gasteiger partial charge < -0.3 is 9.59 Å². The van der Waals surface area contributed by atoms with Crippen molar-refractivity contribution in [2.45, 2.75) is 45.4 Å². The zero-order valence-electron chi connectivity index (χ0n) is 10.3. The van der Waals surface area contributed by atoms with Gasteiger partial charge in [-0.05, 0) is 25.7 Å². The molecule has 0 aliphatic carbocycles. The highest BCUT2D eigenvalue weighted by Crippen LogP contribution is 2.07. The second-order valence-corrected chi connectivity index (χ2v) is 4.87. The quantitative estimate of drug-likeness (QED) is 0.450. The maximum absolute atomic E-state index is 8.64. The first-order valence-corrected chi connectivity index (χ1v) is 6.05. The van der Waals surface area contributed by atoms with Gasteiger partial charge in [0.05, 0.1) is 27.2 Å². The van der Waals surface area contributed by atoms with Gasteiger partial charge in [0.2, 0.25) is 0 Å². The number of unbranched alkanes of at least 4 members (excludes halogenated alkanes) is 4. The number of hydrogen-bond acceptors (Lipinski definition) is 1. The average molecular weight is 202 g/mol. The molecule has 0 rings (SSSR count). The van der Waals surface area contributed by atoms with Crippen LogP contribution in [0.25, 0.3) is 0 Å². The second kappa shape index (κ2) is 8.25. The van der Waals surface area contributed by atoms with E-state index in [-0.39, 0.29) is 0 Å². The van der Waals surface area contributed by atoms with Crippen LogP contribution in [-0.4, -0.2) is 43.4 Å². The Bertz CT molecular complexity index is 123. The highest BCUT2D eigenvalue weighted by Gasteiger charge is 2.12. The molecule has 0 spiro atoms. The van der Waals surface area contributed by atoms with Gasteiger partial charge in [-0.3, -0.25) is 0 Å². The Morgan fingerprint density at radius 3 is 2.00 bits per heavy atom. The maximum atomic E-state index is 8.64. The number of aliphatic hydroxyl groups is 1. The predicted octanol–water partition coefficient (Wildman–Crippen LogP) is 2.42. The molecule has 0 aromatic heterocycles. The highest BCUT2D eigenvalue weighted by atomic mass is 16.2. The molecule has 0 radical (unpaired) electrons. The van der Waals surface area contributed by atoms with Crippen molar-refractivity contribution < 1.29 is 9.59 Å². The van der Waals surface area contributed by atoms with Crippen molar-refractivity contribution in [2.75, 3.05) is 33.8 Å². The van der Waals surface area contributed by atoms with Crippen LogP contribution in [0.1, 0.15) is 45.4 Å². The molecule has 2 nitrogen and oxygen atoms in total. The summed E-state index contributed by atoms with van der Waals surface area (Å²) in [7, 11) is 4.64. The number of quaternary nitrogens is 1. The standard InChI is InChI=1S/C12H28NO/c1-4-5-10-13(2,3)11-8-6-7-9-12-14/h14H,4-12H2,1-3H3/q+1. The van der Waals surface area contributed by atoms with Crippen molar-refractivity contribution in [1.29, 1.82) is 0 Å². The Hall–Kier alpha value is -0.0800. The first-order valence-electron chi connectivity index (χ1n) is 6.05. The summed E-state index contributed by atoms with van der Waals surface area (Å²) < 4.78 is 1.16. The topological polar surface area (TPSA) is 20.2 Å². The van der Waals surface area contributed by atoms with Crippen molar-refractivity contribution in [2.24, 2.45) is 0 Å². The van der Waals surface area contributed by atoms with Crippen LogP contribution in [0.3, 0.4) is 0 Å². The molecule has 0 unspecified atom stereocenters. The van der Waals surface area contributed by atoms with Crippen LogP contribution in [0, 0.1) is 0 Å². The molecule has 0 amide bonds. The van der Waals surface area contributed by atoms with Crippen LogP contribution in [0.2, 0.25) is 0 Å². The van der Waals surface area contributed by atoms with E-state index in [1.165, 1.54) is 45.2 Å². The highest BCUT2D eigenvalue weighted by molar-refractivity contribution is 4.43. The maximum Gasteiger partial charge on any atom is 0.0782 e. The summed E-state index contributed by atoms with van der Waals surface area (Å²) in [6.45, 7) is 5.19. The van der Waals surface area contributed by atoms with Crippen molar-refractivity contribution in [3.8, 4) is 0 Å². The minimum absolute atomic E-state index is 0.355. The molecule has 14 heavy (non-hydrogen) atoms. The SMILES string of the molecule is CCCC[N+](C)(C)CCCCCCO. The lowest BCUT2D eigenvalue weighted by molar-refractivity contribution is -0.890. The molecule has 2 heteroatoms. The number of hydrogen-bond donors (Lipinski definition) is 1. The van der Waals surface area contributed by atoms with E-state index in [9.17, 15) is 0 Å². The van der Waals surface area contributed by atoms with E-state index in [1.807, 2.05) is 0 Å². The summed E-state index contributed by atoms with van der Waals surface area (Å²) >= 11 is 0. The van der Waals surface area contributed by atoms with Gasteiger partial charge in [0, 0.05) is 6.61 Å². The summed E-state index contributed by atoms with van der Waals surface area (Å²) in [5, 5.41) is 8.64. The van der Waals surface area contributed by atoms with Gasteiger partial charge >= 0.3 is 0 Å². The molecule has 0 fully saturated rings. The average Bonchev–Trinajstić information content (AvgIpc) is 2.15. The Morgan fingerprint density at radius 2 is 1.43 bits per heavy atom. The van der Waals surface area contributed by atoms with Crippen molar-refractivity contribution in [3.63, 3.8) is 0 Å². The van der Waals surface area contributed by atoms with Gasteiger partial charge in [0.1, 0.15) is 0 Å². The first kappa shape index (κ1) is 13.9. The van der Waals surface area contributed by atoms with Crippen LogP contribution < -0.4 is 0 Å². The summed E-state index contributed by atoms with van der Waals surface area (Å²) in [6.07, 6.45) is 7.37. The molecule has 86 valence electrons. The van der Waals surface area contributed by atoms with Gasteiger partial charge in [-0.25, -0.2) is 0 Å². The van der Waals surface area contributed by atoms with Crippen molar-refractivity contribution in [1.82, 2.24) is 0 Å². The van der Waals surface area contributed by atoms with E-state index in [4.69, 9.17) is 5.11 Å². The molecule has 0 heterocycles. The lowest BCUT2D eigenvalue weighted by atomic mass is 10.2. The smallest absolute Gasteiger partial charge is 0.0782 e. The third-order valence-electron chi connectivity index (χ3n) is 2.79. The van der Waals surface area contributed by atoms with Crippen molar-refractivity contribution >= 4 is 0 Å². The fourth-order valence-corrected chi connectivity index (χ4v) is 1.70. The molecular formula is C12H28NO+. The predicted molar refractivity (Wildman–Crippen MR) is 62.3 cm³/mol. The molecule has 0 aromatic carbocycles. The summed E-state index contributed by atoms with van der Waals surface area (Å²) in [5.74, 6) is 0. The minimum Gasteiger partial charge on any atom is -0.396 e. The van der Waals surface area contributed by atoms with Gasteiger partial charge in [0.15, 0.2) is 0 Å². The van der Waals surface area contributed by atoms with Gasteiger partial charge in [-0.1, -0.05) is 19.8 Å². The van der Waals surface area contributed by atoms with Crippen LogP contribution in [-0.2, 0) is 0 Å². The van der Waals surface area contributed by atoms with Crippen LogP contribution in [0.5, 0.6) is 0 Å². The lowest BCUT2D eigenvalue weighted by Gasteiger charge is -2.29. The zero-order valence-corrected chi connectivity index (χ0v) is 10.3. The Morgan fingerprint density at radius 1 is 0.857 bits per heavy atom. The van der Waals surface area contributed by atoms with E-state index in [1.54, 1.807) is 0 Å². The van der Waals surface area contributed by atoms with E-state index < -0.39 is 0 Å². The number of nitrogens with zero attached hydrogens (tertiary/aromatic N) is 1. The monoisotopic (exact) mass is 202 g/mol. The van der Waals surface area contributed by atoms with Gasteiger partial charge in [-0.2, -0.15) is 0 Å². The van der Waals surface area contributed by atoms with E-state index in [2.05, 4.69) is 21.0 Å². The Labute approximate surface area is 89.5 Å². The summed E-state index contributed by atoms with van der Waals surface area (Å²) in [5.41, 5.74) is 0. The van der Waals surface area contributed by atoms with E-state index in [0.29, 0.717) is 6.61 Å². The molecular weight excluding hydrogens is 174 g/mol. The van der Waals surface area contributed by atoms with Crippen LogP contribution >= 0.6 is 0 Å². The van der Waals surface area contributed by atoms with Crippen LogP contribution in [0.4, 0.5) is 0 Å². The van der Waals surface area contributed by atoms with Gasteiger partial charge in [-0.15, -0.1) is 0 Å². The molecule has 1 N–H and O–H groups in total. The largest absolute Gasteiger partial charge is 0.396 e. The molecule has 0 saturated carbocycles. The Kier molecular flexibility index (Phi) is 8.20. The third kappa shape index (κ3) is 8.52. The molecule has 0 saturated heterocycles. The molecule has 0 aliphatic heterocycles. The summed E-state index contributed by atoms with van der Waals surface area (Å²) in [4.78, 5) is 0. The fraction of sp³-hybridized carbons (Fsp3) is 1.00. The molecule has 0 aromatic rings. The number of aliphatic hydroxyl groups excluding tert-OH is 1. The third-order valence-corrected chi connectivity index (χ3v) is 2.79. The zero-order chi connectivity index (χ0) is 10.9. The van der Waals surface area contributed by atoms with E-state index >= 15 is 0 Å². The number of rotatable bonds is 9. The van der Waals surface area contributed by atoms with E-state index in [0.717, 1.165) is 10.9 Å². The van der Waals surface area contributed by atoms with Gasteiger partial charge in [0.25, 0.3) is 0 Å².